The molecule has 3 rings (SSSR count). The molecule has 0 radical (unpaired) electrons. The summed E-state index contributed by atoms with van der Waals surface area (Å²) in [6.45, 7) is 0. The summed E-state index contributed by atoms with van der Waals surface area (Å²) in [6, 6.07) is 15.8. The number of hydrogen-bond acceptors (Lipinski definition) is 5. The topological polar surface area (TPSA) is 52.6 Å². The molecule has 0 saturated carbocycles. The van der Waals surface area contributed by atoms with E-state index in [-0.39, 0.29) is 24.8 Å². The van der Waals surface area contributed by atoms with Crippen molar-refractivity contribution in [1.82, 2.24) is 0 Å². The van der Waals surface area contributed by atoms with Gasteiger partial charge in [0.05, 0.1) is 27.1 Å². The Balaban J connectivity index is 2.27. The number of carbonyl (C=O) groups excluding carboxylic acids is 2. The van der Waals surface area contributed by atoms with Crippen LogP contribution in [-0.2, 0) is 19.1 Å². The Morgan fingerprint density at radius 2 is 1.16 bits per heavy atom. The van der Waals surface area contributed by atoms with Crippen molar-refractivity contribution in [3.8, 4) is 0 Å². The Morgan fingerprint density at radius 1 is 0.760 bits per heavy atom. The standard InChI is InChI=1S/C20H18O4S/c1-23-19(21)11-15-13-7-3-5-9-17(13)25-18-10-6-4-8-14(18)16(15)12-20(22)24-2/h3-10H,11-12H2,1-2H3. The SMILES string of the molecule is COC(=O)CC1=C(CC(=O)OC)c2ccccc2Sc2ccccc21. The zero-order valence-electron chi connectivity index (χ0n) is 14.1. The van der Waals surface area contributed by atoms with Crippen LogP contribution in [0.4, 0.5) is 0 Å². The summed E-state index contributed by atoms with van der Waals surface area (Å²) in [4.78, 5) is 26.2. The van der Waals surface area contributed by atoms with Crippen molar-refractivity contribution in [2.75, 3.05) is 14.2 Å². The maximum Gasteiger partial charge on any atom is 0.310 e. The number of rotatable bonds is 4. The quantitative estimate of drug-likeness (QED) is 0.771. The van der Waals surface area contributed by atoms with Crippen molar-refractivity contribution in [2.45, 2.75) is 22.6 Å². The van der Waals surface area contributed by atoms with Crippen LogP contribution in [0.5, 0.6) is 0 Å². The maximum atomic E-state index is 12.0. The van der Waals surface area contributed by atoms with Gasteiger partial charge in [0, 0.05) is 9.79 Å². The molecule has 0 saturated heterocycles. The predicted octanol–water partition coefficient (Wildman–Crippen LogP) is 4.19. The summed E-state index contributed by atoms with van der Waals surface area (Å²) < 4.78 is 9.76. The lowest BCUT2D eigenvalue weighted by atomic mass is 9.90. The normalized spacial score (nSPS) is 12.7. The van der Waals surface area contributed by atoms with Gasteiger partial charge in [-0.15, -0.1) is 0 Å². The van der Waals surface area contributed by atoms with Gasteiger partial charge in [0.2, 0.25) is 0 Å². The molecule has 4 nitrogen and oxygen atoms in total. The third-order valence-electron chi connectivity index (χ3n) is 4.11. The molecule has 0 atom stereocenters. The van der Waals surface area contributed by atoms with Crippen LogP contribution in [0.15, 0.2) is 58.3 Å². The van der Waals surface area contributed by atoms with E-state index >= 15 is 0 Å². The summed E-state index contributed by atoms with van der Waals surface area (Å²) >= 11 is 1.63. The van der Waals surface area contributed by atoms with Gasteiger partial charge in [-0.05, 0) is 34.4 Å². The van der Waals surface area contributed by atoms with Gasteiger partial charge in [0.1, 0.15) is 0 Å². The van der Waals surface area contributed by atoms with Crippen LogP contribution in [0.1, 0.15) is 24.0 Å². The van der Waals surface area contributed by atoms with Crippen molar-refractivity contribution in [3.63, 3.8) is 0 Å². The molecule has 2 aromatic carbocycles. The van der Waals surface area contributed by atoms with Gasteiger partial charge < -0.3 is 9.47 Å². The van der Waals surface area contributed by atoms with Crippen LogP contribution in [0.25, 0.3) is 11.1 Å². The maximum absolute atomic E-state index is 12.0. The van der Waals surface area contributed by atoms with E-state index in [0.717, 1.165) is 32.1 Å². The lowest BCUT2D eigenvalue weighted by molar-refractivity contribution is -0.140. The van der Waals surface area contributed by atoms with Gasteiger partial charge in [0.15, 0.2) is 0 Å². The van der Waals surface area contributed by atoms with E-state index in [1.807, 2.05) is 48.5 Å². The number of carbonyl (C=O) groups is 2. The lowest BCUT2D eigenvalue weighted by Gasteiger charge is -2.15. The Morgan fingerprint density at radius 3 is 1.56 bits per heavy atom. The molecule has 0 amide bonds. The molecule has 1 heterocycles. The minimum Gasteiger partial charge on any atom is -0.469 e. The molecule has 0 N–H and O–H groups in total. The molecule has 0 fully saturated rings. The van der Waals surface area contributed by atoms with E-state index in [9.17, 15) is 9.59 Å². The summed E-state index contributed by atoms with van der Waals surface area (Å²) in [5.74, 6) is -0.673. The largest absolute Gasteiger partial charge is 0.469 e. The second-order valence-electron chi connectivity index (χ2n) is 5.56. The van der Waals surface area contributed by atoms with Crippen molar-refractivity contribution < 1.29 is 19.1 Å². The van der Waals surface area contributed by atoms with Crippen LogP contribution >= 0.6 is 11.8 Å². The molecule has 0 aliphatic carbocycles. The Hall–Kier alpha value is -2.53. The van der Waals surface area contributed by atoms with Crippen molar-refractivity contribution in [1.29, 1.82) is 0 Å². The summed E-state index contributed by atoms with van der Waals surface area (Å²) in [7, 11) is 2.74. The Kier molecular flexibility index (Phi) is 5.24. The fourth-order valence-electron chi connectivity index (χ4n) is 2.89. The molecule has 0 bridgehead atoms. The van der Waals surface area contributed by atoms with Gasteiger partial charge in [0.25, 0.3) is 0 Å². The van der Waals surface area contributed by atoms with Gasteiger partial charge in [-0.1, -0.05) is 48.2 Å². The van der Waals surface area contributed by atoms with Crippen LogP contribution in [0.2, 0.25) is 0 Å². The molecule has 2 aromatic rings. The lowest BCUT2D eigenvalue weighted by Crippen LogP contribution is -2.07. The Bertz CT molecular complexity index is 785. The molecule has 0 aromatic heterocycles. The van der Waals surface area contributed by atoms with Gasteiger partial charge in [-0.25, -0.2) is 0 Å². The van der Waals surface area contributed by atoms with Gasteiger partial charge in [-0.3, -0.25) is 9.59 Å². The summed E-state index contributed by atoms with van der Waals surface area (Å²) in [6.07, 6.45) is 0.212. The van der Waals surface area contributed by atoms with E-state index in [2.05, 4.69) is 0 Å². The highest BCUT2D eigenvalue weighted by atomic mass is 32.2. The fourth-order valence-corrected chi connectivity index (χ4v) is 4.02. The predicted molar refractivity (Wildman–Crippen MR) is 97.1 cm³/mol. The number of hydrogen-bond donors (Lipinski definition) is 0. The van der Waals surface area contributed by atoms with Crippen molar-refractivity contribution >= 4 is 34.8 Å². The second-order valence-corrected chi connectivity index (χ2v) is 6.64. The van der Waals surface area contributed by atoms with Gasteiger partial charge >= 0.3 is 11.9 Å². The highest BCUT2D eigenvalue weighted by Crippen LogP contribution is 2.46. The van der Waals surface area contributed by atoms with Crippen LogP contribution in [0, 0.1) is 0 Å². The minimum atomic E-state index is -0.337. The van der Waals surface area contributed by atoms with E-state index < -0.39 is 0 Å². The Labute approximate surface area is 150 Å². The third-order valence-corrected chi connectivity index (χ3v) is 5.26. The molecule has 5 heteroatoms. The van der Waals surface area contributed by atoms with Crippen LogP contribution < -0.4 is 0 Å². The molecular formula is C20H18O4S. The number of benzene rings is 2. The highest BCUT2D eigenvalue weighted by Gasteiger charge is 2.25. The molecule has 1 aliphatic heterocycles. The molecule has 128 valence electrons. The number of esters is 2. The van der Waals surface area contributed by atoms with Crippen molar-refractivity contribution in [3.05, 3.63) is 59.7 Å². The second kappa shape index (κ2) is 7.57. The molecule has 0 unspecified atom stereocenters. The summed E-state index contributed by atoms with van der Waals surface area (Å²) in [5, 5.41) is 0. The molecule has 0 spiro atoms. The van der Waals surface area contributed by atoms with E-state index in [1.165, 1.54) is 14.2 Å². The smallest absolute Gasteiger partial charge is 0.310 e. The first-order chi connectivity index (χ1) is 12.1. The average molecular weight is 354 g/mol. The van der Waals surface area contributed by atoms with Gasteiger partial charge in [-0.2, -0.15) is 0 Å². The van der Waals surface area contributed by atoms with Crippen LogP contribution in [0.3, 0.4) is 0 Å². The molecular weight excluding hydrogens is 336 g/mol. The zero-order valence-corrected chi connectivity index (χ0v) is 14.9. The first-order valence-electron chi connectivity index (χ1n) is 7.86. The molecule has 1 aliphatic rings. The first kappa shape index (κ1) is 17.3. The third kappa shape index (κ3) is 3.61. The number of fused-ring (bicyclic) bond motifs is 2. The minimum absolute atomic E-state index is 0.106. The monoisotopic (exact) mass is 354 g/mol. The average Bonchev–Trinajstić information content (AvgIpc) is 2.77. The van der Waals surface area contributed by atoms with E-state index in [0.29, 0.717) is 0 Å². The number of ether oxygens (including phenoxy) is 2. The molecule has 25 heavy (non-hydrogen) atoms. The van der Waals surface area contributed by atoms with E-state index in [1.54, 1.807) is 11.8 Å². The highest BCUT2D eigenvalue weighted by molar-refractivity contribution is 7.99. The van der Waals surface area contributed by atoms with Crippen molar-refractivity contribution in [2.24, 2.45) is 0 Å². The fraction of sp³-hybridized carbons (Fsp3) is 0.200. The first-order valence-corrected chi connectivity index (χ1v) is 8.68. The number of methoxy groups -OCH3 is 2. The zero-order chi connectivity index (χ0) is 17.8. The van der Waals surface area contributed by atoms with Crippen LogP contribution in [-0.4, -0.2) is 26.2 Å². The summed E-state index contributed by atoms with van der Waals surface area (Å²) in [5.41, 5.74) is 3.52. The van der Waals surface area contributed by atoms with E-state index in [4.69, 9.17) is 9.47 Å².